The van der Waals surface area contributed by atoms with Crippen molar-refractivity contribution in [3.8, 4) is 0 Å². The summed E-state index contributed by atoms with van der Waals surface area (Å²) in [6.07, 6.45) is 3.37. The second kappa shape index (κ2) is 6.72. The first-order valence-electron chi connectivity index (χ1n) is 7.25. The molecule has 0 spiro atoms. The van der Waals surface area contributed by atoms with Gasteiger partial charge in [-0.3, -0.25) is 4.79 Å². The lowest BCUT2D eigenvalue weighted by Crippen LogP contribution is -2.42. The summed E-state index contributed by atoms with van der Waals surface area (Å²) in [5.41, 5.74) is 1.87. The zero-order valence-corrected chi connectivity index (χ0v) is 13.2. The minimum Gasteiger partial charge on any atom is -0.480 e. The first-order chi connectivity index (χ1) is 11.6. The van der Waals surface area contributed by atoms with Crippen LogP contribution in [0, 0.1) is 0 Å². The van der Waals surface area contributed by atoms with Gasteiger partial charge in [-0.1, -0.05) is 29.8 Å². The van der Waals surface area contributed by atoms with E-state index >= 15 is 0 Å². The highest BCUT2D eigenvalue weighted by atomic mass is 35.5. The number of aromatic amines is 1. The minimum absolute atomic E-state index is 0.0335. The molecule has 1 amide bonds. The first kappa shape index (κ1) is 16.0. The summed E-state index contributed by atoms with van der Waals surface area (Å²) in [4.78, 5) is 30.7. The number of aromatic nitrogens is 2. The second-order valence-corrected chi connectivity index (χ2v) is 5.63. The second-order valence-electron chi connectivity index (χ2n) is 5.27. The van der Waals surface area contributed by atoms with E-state index in [1.54, 1.807) is 12.3 Å². The quantitative estimate of drug-likeness (QED) is 0.621. The Hall–Kier alpha value is -2.86. The number of carbonyl (C=O) groups excluding carboxylic acids is 1. The molecule has 0 radical (unpaired) electrons. The Morgan fingerprint density at radius 1 is 1.25 bits per heavy atom. The van der Waals surface area contributed by atoms with Gasteiger partial charge in [0.2, 0.25) is 0 Å². The van der Waals surface area contributed by atoms with Gasteiger partial charge in [-0.25, -0.2) is 9.78 Å². The molecule has 3 aromatic rings. The van der Waals surface area contributed by atoms with Gasteiger partial charge in [0.25, 0.3) is 5.91 Å². The van der Waals surface area contributed by atoms with Crippen LogP contribution in [-0.4, -0.2) is 33.0 Å². The molecule has 0 fully saturated rings. The van der Waals surface area contributed by atoms with Gasteiger partial charge in [0.15, 0.2) is 0 Å². The molecule has 24 heavy (non-hydrogen) atoms. The number of carboxylic acids is 1. The molecule has 3 rings (SSSR count). The highest BCUT2D eigenvalue weighted by Crippen LogP contribution is 2.19. The molecule has 0 aliphatic rings. The summed E-state index contributed by atoms with van der Waals surface area (Å²) in [7, 11) is 0. The van der Waals surface area contributed by atoms with Crippen molar-refractivity contribution >= 4 is 34.4 Å². The van der Waals surface area contributed by atoms with Crippen LogP contribution in [0.25, 0.3) is 10.9 Å². The maximum atomic E-state index is 12.3. The molecule has 1 atom stereocenters. The largest absolute Gasteiger partial charge is 0.480 e. The Morgan fingerprint density at radius 2 is 2.04 bits per heavy atom. The fourth-order valence-corrected chi connectivity index (χ4v) is 2.72. The van der Waals surface area contributed by atoms with Gasteiger partial charge in [-0.05, 0) is 23.8 Å². The Bertz CT molecular complexity index is 907. The maximum Gasteiger partial charge on any atom is 0.326 e. The predicted molar refractivity (Wildman–Crippen MR) is 90.1 cm³/mol. The molecule has 7 heteroatoms. The number of carboxylic acid groups (broad SMARTS) is 1. The van der Waals surface area contributed by atoms with Crippen molar-refractivity contribution in [1.82, 2.24) is 15.3 Å². The van der Waals surface area contributed by atoms with Crippen LogP contribution in [-0.2, 0) is 11.2 Å². The SMILES string of the molecule is O=C(N[C@H](Cc1c[nH]c2ccccc12)C(=O)O)c1cccnc1Cl. The zero-order chi connectivity index (χ0) is 17.1. The molecule has 6 nitrogen and oxygen atoms in total. The van der Waals surface area contributed by atoms with Gasteiger partial charge < -0.3 is 15.4 Å². The van der Waals surface area contributed by atoms with E-state index in [9.17, 15) is 14.7 Å². The number of hydrogen-bond acceptors (Lipinski definition) is 3. The van der Waals surface area contributed by atoms with E-state index in [4.69, 9.17) is 11.6 Å². The van der Waals surface area contributed by atoms with Crippen LogP contribution in [0.15, 0.2) is 48.8 Å². The third-order valence-corrected chi connectivity index (χ3v) is 4.01. The Balaban J connectivity index is 1.82. The van der Waals surface area contributed by atoms with Crippen molar-refractivity contribution in [3.05, 3.63) is 65.1 Å². The van der Waals surface area contributed by atoms with E-state index in [2.05, 4.69) is 15.3 Å². The lowest BCUT2D eigenvalue weighted by atomic mass is 10.0. The van der Waals surface area contributed by atoms with Crippen LogP contribution in [0.5, 0.6) is 0 Å². The van der Waals surface area contributed by atoms with Crippen molar-refractivity contribution in [1.29, 1.82) is 0 Å². The molecule has 122 valence electrons. The maximum absolute atomic E-state index is 12.3. The van der Waals surface area contributed by atoms with E-state index in [0.717, 1.165) is 16.5 Å². The lowest BCUT2D eigenvalue weighted by molar-refractivity contribution is -0.139. The molecule has 0 saturated heterocycles. The molecule has 0 aliphatic heterocycles. The number of H-pyrrole nitrogens is 1. The van der Waals surface area contributed by atoms with Gasteiger partial charge >= 0.3 is 5.97 Å². The van der Waals surface area contributed by atoms with Gasteiger partial charge in [0.05, 0.1) is 5.56 Å². The first-order valence-corrected chi connectivity index (χ1v) is 7.63. The molecular formula is C17H14ClN3O3. The number of fused-ring (bicyclic) bond motifs is 1. The lowest BCUT2D eigenvalue weighted by Gasteiger charge is -2.14. The standard InChI is InChI=1S/C17H14ClN3O3/c18-15-12(5-3-7-19-15)16(22)21-14(17(23)24)8-10-9-20-13-6-2-1-4-11(10)13/h1-7,9,14,20H,8H2,(H,21,22)(H,23,24)/t14-/m1/s1. The van der Waals surface area contributed by atoms with E-state index in [1.807, 2.05) is 24.3 Å². The van der Waals surface area contributed by atoms with Gasteiger partial charge in [-0.15, -0.1) is 0 Å². The van der Waals surface area contributed by atoms with E-state index < -0.39 is 17.9 Å². The third-order valence-electron chi connectivity index (χ3n) is 3.71. The molecular weight excluding hydrogens is 330 g/mol. The average Bonchev–Trinajstić information content (AvgIpc) is 2.97. The number of rotatable bonds is 5. The smallest absolute Gasteiger partial charge is 0.326 e. The summed E-state index contributed by atoms with van der Waals surface area (Å²) in [5, 5.41) is 12.9. The summed E-state index contributed by atoms with van der Waals surface area (Å²) in [5.74, 6) is -1.69. The minimum atomic E-state index is -1.12. The van der Waals surface area contributed by atoms with Crippen LogP contribution in [0.2, 0.25) is 5.15 Å². The molecule has 0 aliphatic carbocycles. The number of amides is 1. The number of nitrogens with zero attached hydrogens (tertiary/aromatic N) is 1. The number of nitrogens with one attached hydrogen (secondary N) is 2. The van der Waals surface area contributed by atoms with Crippen LogP contribution in [0.1, 0.15) is 15.9 Å². The monoisotopic (exact) mass is 343 g/mol. The van der Waals surface area contributed by atoms with Crippen LogP contribution in [0.3, 0.4) is 0 Å². The topological polar surface area (TPSA) is 95.1 Å². The number of halogens is 1. The fraction of sp³-hybridized carbons (Fsp3) is 0.118. The fourth-order valence-electron chi connectivity index (χ4n) is 2.51. The molecule has 0 saturated carbocycles. The van der Waals surface area contributed by atoms with Crippen molar-refractivity contribution < 1.29 is 14.7 Å². The molecule has 0 bridgehead atoms. The number of para-hydroxylation sites is 1. The van der Waals surface area contributed by atoms with E-state index in [-0.39, 0.29) is 17.1 Å². The summed E-state index contributed by atoms with van der Waals surface area (Å²) >= 11 is 5.88. The molecule has 0 unspecified atom stereocenters. The number of pyridine rings is 1. The molecule has 3 N–H and O–H groups in total. The number of carbonyl (C=O) groups is 2. The Kier molecular flexibility index (Phi) is 4.48. The van der Waals surface area contributed by atoms with Crippen LogP contribution < -0.4 is 5.32 Å². The highest BCUT2D eigenvalue weighted by molar-refractivity contribution is 6.32. The zero-order valence-electron chi connectivity index (χ0n) is 12.5. The Labute approximate surface area is 142 Å². The van der Waals surface area contributed by atoms with Crippen molar-refractivity contribution in [2.45, 2.75) is 12.5 Å². The summed E-state index contributed by atoms with van der Waals surface area (Å²) < 4.78 is 0. The summed E-state index contributed by atoms with van der Waals surface area (Å²) in [6, 6.07) is 9.56. The molecule has 2 heterocycles. The van der Waals surface area contributed by atoms with Crippen molar-refractivity contribution in [2.75, 3.05) is 0 Å². The van der Waals surface area contributed by atoms with Gasteiger partial charge in [0.1, 0.15) is 11.2 Å². The summed E-state index contributed by atoms with van der Waals surface area (Å²) in [6.45, 7) is 0. The average molecular weight is 344 g/mol. The van der Waals surface area contributed by atoms with Gasteiger partial charge in [0, 0.05) is 29.7 Å². The van der Waals surface area contributed by atoms with E-state index in [1.165, 1.54) is 12.3 Å². The Morgan fingerprint density at radius 3 is 2.79 bits per heavy atom. The van der Waals surface area contributed by atoms with Crippen molar-refractivity contribution in [2.24, 2.45) is 0 Å². The molecule has 1 aromatic carbocycles. The highest BCUT2D eigenvalue weighted by Gasteiger charge is 2.23. The normalized spacial score (nSPS) is 12.0. The van der Waals surface area contributed by atoms with Crippen LogP contribution >= 0.6 is 11.6 Å². The number of aliphatic carboxylic acids is 1. The predicted octanol–water partition coefficient (Wildman–Crippen LogP) is 2.64. The van der Waals surface area contributed by atoms with E-state index in [0.29, 0.717) is 0 Å². The van der Waals surface area contributed by atoms with Gasteiger partial charge in [-0.2, -0.15) is 0 Å². The molecule has 2 aromatic heterocycles. The number of benzene rings is 1. The van der Waals surface area contributed by atoms with Crippen LogP contribution in [0.4, 0.5) is 0 Å². The number of hydrogen-bond donors (Lipinski definition) is 3. The van der Waals surface area contributed by atoms with Crippen molar-refractivity contribution in [3.63, 3.8) is 0 Å². The third kappa shape index (κ3) is 3.23.